The SMILES string of the molecule is CC(C)CCCNC(C)(CO)CO. The first-order valence-corrected chi connectivity index (χ1v) is 5.01. The van der Waals surface area contributed by atoms with Crippen LogP contribution in [0.3, 0.4) is 0 Å². The third kappa shape index (κ3) is 6.02. The lowest BCUT2D eigenvalue weighted by molar-refractivity contribution is 0.104. The number of rotatable bonds is 7. The van der Waals surface area contributed by atoms with Gasteiger partial charge in [-0.05, 0) is 32.2 Å². The molecule has 0 spiro atoms. The maximum absolute atomic E-state index is 8.97. The van der Waals surface area contributed by atoms with E-state index in [1.165, 1.54) is 6.42 Å². The molecule has 0 heterocycles. The van der Waals surface area contributed by atoms with Crippen molar-refractivity contribution < 1.29 is 10.2 Å². The molecule has 0 fully saturated rings. The van der Waals surface area contributed by atoms with Crippen LogP contribution in [-0.4, -0.2) is 35.5 Å². The molecule has 0 aromatic heterocycles. The summed E-state index contributed by atoms with van der Waals surface area (Å²) < 4.78 is 0. The quantitative estimate of drug-likeness (QED) is 0.518. The van der Waals surface area contributed by atoms with Crippen molar-refractivity contribution in [3.63, 3.8) is 0 Å². The summed E-state index contributed by atoms with van der Waals surface area (Å²) in [5, 5.41) is 21.1. The molecule has 0 aromatic carbocycles. The molecule has 0 aromatic rings. The zero-order valence-electron chi connectivity index (χ0n) is 9.01. The van der Waals surface area contributed by atoms with E-state index in [4.69, 9.17) is 10.2 Å². The lowest BCUT2D eigenvalue weighted by atomic mass is 10.0. The lowest BCUT2D eigenvalue weighted by Crippen LogP contribution is -2.49. The normalized spacial score (nSPS) is 12.5. The molecule has 0 aliphatic rings. The van der Waals surface area contributed by atoms with Crippen LogP contribution in [0, 0.1) is 5.92 Å². The summed E-state index contributed by atoms with van der Waals surface area (Å²) in [6.07, 6.45) is 2.27. The zero-order valence-corrected chi connectivity index (χ0v) is 9.01. The van der Waals surface area contributed by atoms with Crippen molar-refractivity contribution in [2.75, 3.05) is 19.8 Å². The van der Waals surface area contributed by atoms with Crippen LogP contribution in [0.25, 0.3) is 0 Å². The van der Waals surface area contributed by atoms with Gasteiger partial charge in [-0.2, -0.15) is 0 Å². The molecular weight excluding hydrogens is 166 g/mol. The first kappa shape index (κ1) is 12.9. The van der Waals surface area contributed by atoms with Crippen molar-refractivity contribution in [3.8, 4) is 0 Å². The van der Waals surface area contributed by atoms with Gasteiger partial charge >= 0.3 is 0 Å². The average Bonchev–Trinajstić information content (AvgIpc) is 2.12. The van der Waals surface area contributed by atoms with Gasteiger partial charge in [-0.3, -0.25) is 0 Å². The molecule has 80 valence electrons. The van der Waals surface area contributed by atoms with E-state index in [2.05, 4.69) is 19.2 Å². The first-order valence-electron chi connectivity index (χ1n) is 5.01. The van der Waals surface area contributed by atoms with E-state index < -0.39 is 5.54 Å². The third-order valence-electron chi connectivity index (χ3n) is 2.21. The predicted molar refractivity (Wildman–Crippen MR) is 54.7 cm³/mol. The van der Waals surface area contributed by atoms with Crippen LogP contribution in [0.1, 0.15) is 33.6 Å². The van der Waals surface area contributed by atoms with Crippen molar-refractivity contribution in [3.05, 3.63) is 0 Å². The van der Waals surface area contributed by atoms with Crippen LogP contribution < -0.4 is 5.32 Å². The minimum atomic E-state index is -0.517. The second kappa shape index (κ2) is 6.35. The van der Waals surface area contributed by atoms with Crippen LogP contribution in [0.2, 0.25) is 0 Å². The number of aliphatic hydroxyl groups is 2. The number of aliphatic hydroxyl groups excluding tert-OH is 2. The van der Waals surface area contributed by atoms with Crippen molar-refractivity contribution in [1.29, 1.82) is 0 Å². The topological polar surface area (TPSA) is 52.5 Å². The van der Waals surface area contributed by atoms with Crippen molar-refractivity contribution in [1.82, 2.24) is 5.32 Å². The number of nitrogens with one attached hydrogen (secondary N) is 1. The van der Waals surface area contributed by atoms with E-state index in [1.807, 2.05) is 6.92 Å². The van der Waals surface area contributed by atoms with E-state index in [1.54, 1.807) is 0 Å². The molecule has 0 saturated carbocycles. The Morgan fingerprint density at radius 3 is 2.15 bits per heavy atom. The summed E-state index contributed by atoms with van der Waals surface area (Å²) in [4.78, 5) is 0. The minimum absolute atomic E-state index is 0.0226. The highest BCUT2D eigenvalue weighted by molar-refractivity contribution is 4.80. The Hall–Kier alpha value is -0.120. The fraction of sp³-hybridized carbons (Fsp3) is 1.00. The molecule has 13 heavy (non-hydrogen) atoms. The minimum Gasteiger partial charge on any atom is -0.394 e. The van der Waals surface area contributed by atoms with Gasteiger partial charge in [-0.1, -0.05) is 13.8 Å². The smallest absolute Gasteiger partial charge is 0.0633 e. The Balaban J connectivity index is 3.50. The van der Waals surface area contributed by atoms with Crippen LogP contribution in [0.5, 0.6) is 0 Å². The van der Waals surface area contributed by atoms with E-state index in [0.29, 0.717) is 0 Å². The van der Waals surface area contributed by atoms with Crippen molar-refractivity contribution >= 4 is 0 Å². The van der Waals surface area contributed by atoms with Gasteiger partial charge in [0.05, 0.1) is 18.8 Å². The summed E-state index contributed by atoms with van der Waals surface area (Å²) >= 11 is 0. The number of hydrogen-bond acceptors (Lipinski definition) is 3. The van der Waals surface area contributed by atoms with Crippen LogP contribution in [0.15, 0.2) is 0 Å². The molecule has 0 bridgehead atoms. The lowest BCUT2D eigenvalue weighted by Gasteiger charge is -2.26. The molecule has 0 saturated heterocycles. The Kier molecular flexibility index (Phi) is 6.29. The molecule has 0 aliphatic carbocycles. The van der Waals surface area contributed by atoms with Gasteiger partial charge in [0.1, 0.15) is 0 Å². The maximum Gasteiger partial charge on any atom is 0.0633 e. The van der Waals surface area contributed by atoms with Gasteiger partial charge in [0, 0.05) is 0 Å². The summed E-state index contributed by atoms with van der Waals surface area (Å²) in [6.45, 7) is 7.02. The second-order valence-corrected chi connectivity index (χ2v) is 4.34. The Morgan fingerprint density at radius 1 is 1.23 bits per heavy atom. The van der Waals surface area contributed by atoms with Crippen LogP contribution in [-0.2, 0) is 0 Å². The molecule has 0 unspecified atom stereocenters. The van der Waals surface area contributed by atoms with Crippen molar-refractivity contribution in [2.45, 2.75) is 39.2 Å². The molecule has 0 amide bonds. The fourth-order valence-electron chi connectivity index (χ4n) is 1.06. The highest BCUT2D eigenvalue weighted by Gasteiger charge is 2.20. The zero-order chi connectivity index (χ0) is 10.3. The summed E-state index contributed by atoms with van der Waals surface area (Å²) in [7, 11) is 0. The molecule has 0 radical (unpaired) electrons. The second-order valence-electron chi connectivity index (χ2n) is 4.34. The Bertz CT molecular complexity index is 122. The summed E-state index contributed by atoms with van der Waals surface area (Å²) in [5.41, 5.74) is -0.517. The van der Waals surface area contributed by atoms with Gasteiger partial charge in [0.15, 0.2) is 0 Å². The van der Waals surface area contributed by atoms with E-state index >= 15 is 0 Å². The largest absolute Gasteiger partial charge is 0.394 e. The molecule has 3 nitrogen and oxygen atoms in total. The monoisotopic (exact) mass is 189 g/mol. The van der Waals surface area contributed by atoms with Crippen LogP contribution >= 0.6 is 0 Å². The molecule has 0 atom stereocenters. The van der Waals surface area contributed by atoms with Crippen LogP contribution in [0.4, 0.5) is 0 Å². The predicted octanol–water partition coefficient (Wildman–Crippen LogP) is 0.755. The molecule has 3 N–H and O–H groups in total. The standard InChI is InChI=1S/C10H23NO2/c1-9(2)5-4-6-11-10(3,7-12)8-13/h9,11-13H,4-8H2,1-3H3. The van der Waals surface area contributed by atoms with E-state index in [-0.39, 0.29) is 13.2 Å². The van der Waals surface area contributed by atoms with E-state index in [9.17, 15) is 0 Å². The highest BCUT2D eigenvalue weighted by Crippen LogP contribution is 2.05. The fourth-order valence-corrected chi connectivity index (χ4v) is 1.06. The first-order chi connectivity index (χ1) is 6.04. The van der Waals surface area contributed by atoms with Crippen molar-refractivity contribution in [2.24, 2.45) is 5.92 Å². The average molecular weight is 189 g/mol. The molecular formula is C10H23NO2. The molecule has 0 rings (SSSR count). The van der Waals surface area contributed by atoms with Gasteiger partial charge in [-0.25, -0.2) is 0 Å². The maximum atomic E-state index is 8.97. The Morgan fingerprint density at radius 2 is 1.77 bits per heavy atom. The van der Waals surface area contributed by atoms with Gasteiger partial charge in [-0.15, -0.1) is 0 Å². The van der Waals surface area contributed by atoms with E-state index in [0.717, 1.165) is 18.9 Å². The van der Waals surface area contributed by atoms with Gasteiger partial charge in [0.25, 0.3) is 0 Å². The molecule has 3 heteroatoms. The summed E-state index contributed by atoms with van der Waals surface area (Å²) in [6, 6.07) is 0. The number of hydrogen-bond donors (Lipinski definition) is 3. The van der Waals surface area contributed by atoms with Gasteiger partial charge in [0.2, 0.25) is 0 Å². The Labute approximate surface area is 81.2 Å². The summed E-state index contributed by atoms with van der Waals surface area (Å²) in [5.74, 6) is 0.719. The third-order valence-corrected chi connectivity index (χ3v) is 2.21. The highest BCUT2D eigenvalue weighted by atomic mass is 16.3. The van der Waals surface area contributed by atoms with Gasteiger partial charge < -0.3 is 15.5 Å². The molecule has 0 aliphatic heterocycles.